The van der Waals surface area contributed by atoms with Gasteiger partial charge in [0.15, 0.2) is 21.7 Å². The fraction of sp³-hybridized carbons (Fsp3) is 0.261. The zero-order chi connectivity index (χ0) is 27.0. The van der Waals surface area contributed by atoms with E-state index in [1.165, 1.54) is 51.9 Å². The van der Waals surface area contributed by atoms with E-state index in [-0.39, 0.29) is 29.6 Å². The fourth-order valence-electron chi connectivity index (χ4n) is 3.81. The number of aromatic nitrogens is 2. The number of fused-ring (bicyclic) bond motifs is 1. The van der Waals surface area contributed by atoms with Gasteiger partial charge in [-0.05, 0) is 36.8 Å². The molecule has 1 aromatic carbocycles. The van der Waals surface area contributed by atoms with E-state index in [0.29, 0.717) is 27.5 Å². The number of carbonyl (C=O) groups is 3. The number of amides is 2. The summed E-state index contributed by atoms with van der Waals surface area (Å²) in [5, 5.41) is 20.6. The molecule has 38 heavy (non-hydrogen) atoms. The number of β-lactam (4-membered cyclic amide) rings is 1. The topological polar surface area (TPSA) is 135 Å². The number of hydrogen-bond acceptors (Lipinski definition) is 10. The minimum Gasteiger partial charge on any atom is -0.483 e. The summed E-state index contributed by atoms with van der Waals surface area (Å²) in [6, 6.07) is 4.77. The largest absolute Gasteiger partial charge is 0.483 e. The Morgan fingerprint density at radius 1 is 1.29 bits per heavy atom. The van der Waals surface area contributed by atoms with Crippen molar-refractivity contribution in [2.24, 2.45) is 0 Å². The molecular weight excluding hydrogens is 562 g/mol. The van der Waals surface area contributed by atoms with Crippen LogP contribution in [-0.2, 0) is 16.2 Å². The van der Waals surface area contributed by atoms with Crippen LogP contribution in [0.2, 0.25) is 0 Å². The number of ether oxygens (including phenoxy) is 1. The van der Waals surface area contributed by atoms with E-state index in [0.717, 1.165) is 17.1 Å². The van der Waals surface area contributed by atoms with Crippen LogP contribution in [0.15, 0.2) is 50.4 Å². The molecule has 0 spiro atoms. The van der Waals surface area contributed by atoms with Crippen LogP contribution < -0.4 is 10.1 Å². The van der Waals surface area contributed by atoms with Gasteiger partial charge in [-0.2, -0.15) is 0 Å². The molecule has 10 nitrogen and oxygen atoms in total. The van der Waals surface area contributed by atoms with Crippen LogP contribution in [-0.4, -0.2) is 60.9 Å². The Morgan fingerprint density at radius 3 is 2.82 bits per heavy atom. The van der Waals surface area contributed by atoms with Gasteiger partial charge in [0.25, 0.3) is 11.8 Å². The molecule has 0 bridgehead atoms. The normalized spacial score (nSPS) is 18.7. The third-order valence-electron chi connectivity index (χ3n) is 5.56. The second-order valence-corrected chi connectivity index (χ2v) is 11.6. The molecule has 3 aromatic rings. The first-order valence-electron chi connectivity index (χ1n) is 11.0. The molecule has 4 heterocycles. The number of hydrogen-bond donors (Lipinski definition) is 2. The average molecular weight is 581 g/mol. The number of carboxylic acid groups (broad SMARTS) is 1. The number of aryl methyl sites for hydroxylation is 1. The molecule has 5 rings (SSSR count). The molecule has 1 saturated heterocycles. The summed E-state index contributed by atoms with van der Waals surface area (Å²) < 4.78 is 38.2. The van der Waals surface area contributed by atoms with Crippen LogP contribution in [0, 0.1) is 18.6 Å². The number of aliphatic carboxylic acids is 1. The van der Waals surface area contributed by atoms with Crippen molar-refractivity contribution in [3.8, 4) is 5.75 Å². The van der Waals surface area contributed by atoms with Gasteiger partial charge in [-0.25, -0.2) is 13.6 Å². The zero-order valence-electron chi connectivity index (χ0n) is 19.5. The number of halogens is 2. The Hall–Kier alpha value is -3.43. The van der Waals surface area contributed by atoms with Gasteiger partial charge in [0.1, 0.15) is 40.3 Å². The van der Waals surface area contributed by atoms with Gasteiger partial charge in [-0.15, -0.1) is 22.0 Å². The summed E-state index contributed by atoms with van der Waals surface area (Å²) in [6.07, 6.45) is 0. The molecule has 1 fully saturated rings. The molecule has 0 unspecified atom stereocenters. The number of nitrogens with one attached hydrogen (secondary N) is 1. The third-order valence-corrected chi connectivity index (χ3v) is 8.96. The Balaban J connectivity index is 1.20. The van der Waals surface area contributed by atoms with Gasteiger partial charge in [0.2, 0.25) is 0 Å². The van der Waals surface area contributed by atoms with Crippen molar-refractivity contribution in [1.82, 2.24) is 20.4 Å². The monoisotopic (exact) mass is 580 g/mol. The molecule has 2 aliphatic heterocycles. The van der Waals surface area contributed by atoms with Gasteiger partial charge < -0.3 is 19.6 Å². The second kappa shape index (κ2) is 10.7. The first kappa shape index (κ1) is 26.2. The van der Waals surface area contributed by atoms with E-state index in [1.807, 2.05) is 6.92 Å². The lowest BCUT2D eigenvalue weighted by molar-refractivity contribution is -0.148. The van der Waals surface area contributed by atoms with Gasteiger partial charge in [0.05, 0.1) is 0 Å². The maximum Gasteiger partial charge on any atom is 0.352 e. The van der Waals surface area contributed by atoms with Crippen LogP contribution in [0.3, 0.4) is 0 Å². The number of rotatable bonds is 9. The molecule has 198 valence electrons. The minimum atomic E-state index is -1.22. The predicted molar refractivity (Wildman–Crippen MR) is 134 cm³/mol. The van der Waals surface area contributed by atoms with Crippen molar-refractivity contribution < 1.29 is 37.4 Å². The lowest BCUT2D eigenvalue weighted by atomic mass is 10.0. The summed E-state index contributed by atoms with van der Waals surface area (Å²) in [4.78, 5) is 38.8. The summed E-state index contributed by atoms with van der Waals surface area (Å²) >= 11 is 4.11. The van der Waals surface area contributed by atoms with Gasteiger partial charge in [-0.3, -0.25) is 14.5 Å². The minimum absolute atomic E-state index is 0.0801. The van der Waals surface area contributed by atoms with E-state index in [1.54, 1.807) is 0 Å². The summed E-state index contributed by atoms with van der Waals surface area (Å²) in [5.74, 6) is -3.40. The summed E-state index contributed by atoms with van der Waals surface area (Å²) in [7, 11) is 0. The SMILES string of the molecule is Cc1nnc(SCC2=C(C(=O)O)N3C(=O)[C@@H](NC(=O)c4ccc(COc5ccc(F)cc5F)o4)[C@@H]3SC2)s1. The number of furan rings is 1. The van der Waals surface area contributed by atoms with E-state index in [4.69, 9.17) is 9.15 Å². The predicted octanol–water partition coefficient (Wildman–Crippen LogP) is 3.44. The van der Waals surface area contributed by atoms with Crippen molar-refractivity contribution >= 4 is 52.6 Å². The van der Waals surface area contributed by atoms with Crippen LogP contribution in [0.5, 0.6) is 5.75 Å². The van der Waals surface area contributed by atoms with Crippen LogP contribution in [0.1, 0.15) is 21.3 Å². The maximum atomic E-state index is 13.7. The van der Waals surface area contributed by atoms with E-state index < -0.39 is 40.8 Å². The smallest absolute Gasteiger partial charge is 0.352 e. The summed E-state index contributed by atoms with van der Waals surface area (Å²) in [6.45, 7) is 1.61. The number of nitrogens with zero attached hydrogens (tertiary/aromatic N) is 3. The van der Waals surface area contributed by atoms with E-state index in [2.05, 4.69) is 15.5 Å². The Bertz CT molecular complexity index is 1460. The molecule has 0 saturated carbocycles. The Kier molecular flexibility index (Phi) is 7.40. The molecule has 0 aliphatic carbocycles. The number of benzene rings is 1. The standard InChI is InChI=1S/C23H18F2N4O6S3/c1-10-27-28-23(38-10)37-9-11-8-36-21-17(20(31)29(21)18(11)22(32)33)26-19(30)16-5-3-13(35-16)7-34-15-4-2-12(24)6-14(15)25/h2-6,17,21H,7-9H2,1H3,(H,26,30)(H,32,33)/t17-,21+/m1/s1. The number of carboxylic acids is 1. The molecule has 0 radical (unpaired) electrons. The Labute approximate surface area is 226 Å². The van der Waals surface area contributed by atoms with Gasteiger partial charge in [0, 0.05) is 17.6 Å². The average Bonchev–Trinajstić information content (AvgIpc) is 3.53. The van der Waals surface area contributed by atoms with Crippen LogP contribution in [0.4, 0.5) is 8.78 Å². The van der Waals surface area contributed by atoms with E-state index >= 15 is 0 Å². The van der Waals surface area contributed by atoms with E-state index in [9.17, 15) is 28.3 Å². The highest BCUT2D eigenvalue weighted by atomic mass is 32.2. The van der Waals surface area contributed by atoms with Crippen molar-refractivity contribution in [2.75, 3.05) is 11.5 Å². The lowest BCUT2D eigenvalue weighted by Crippen LogP contribution is -2.70. The molecule has 2 aliphatic rings. The quantitative estimate of drug-likeness (QED) is 0.286. The highest BCUT2D eigenvalue weighted by Gasteiger charge is 2.54. The lowest BCUT2D eigenvalue weighted by Gasteiger charge is -2.49. The number of carbonyl (C=O) groups excluding carboxylic acids is 2. The van der Waals surface area contributed by atoms with Crippen molar-refractivity contribution in [3.05, 3.63) is 69.8 Å². The summed E-state index contributed by atoms with van der Waals surface area (Å²) in [5.41, 5.74) is 0.506. The molecular formula is C23H18F2N4O6S3. The molecule has 2 atom stereocenters. The van der Waals surface area contributed by atoms with Crippen LogP contribution >= 0.6 is 34.9 Å². The van der Waals surface area contributed by atoms with Crippen molar-refractivity contribution in [3.63, 3.8) is 0 Å². The third kappa shape index (κ3) is 5.26. The van der Waals surface area contributed by atoms with Crippen molar-refractivity contribution in [1.29, 1.82) is 0 Å². The zero-order valence-corrected chi connectivity index (χ0v) is 21.9. The molecule has 2 aromatic heterocycles. The van der Waals surface area contributed by atoms with Crippen LogP contribution in [0.25, 0.3) is 0 Å². The second-order valence-electron chi connectivity index (χ2n) is 8.12. The fourth-order valence-corrected chi connectivity index (χ4v) is 7.11. The van der Waals surface area contributed by atoms with Gasteiger partial charge >= 0.3 is 5.97 Å². The molecule has 2 amide bonds. The highest BCUT2D eigenvalue weighted by molar-refractivity contribution is 8.01. The highest BCUT2D eigenvalue weighted by Crippen LogP contribution is 2.42. The first-order valence-corrected chi connectivity index (χ1v) is 13.9. The number of thioether (sulfide) groups is 2. The maximum absolute atomic E-state index is 13.7. The van der Waals surface area contributed by atoms with Crippen molar-refractivity contribution in [2.45, 2.75) is 29.3 Å². The molecule has 2 N–H and O–H groups in total. The first-order chi connectivity index (χ1) is 18.2. The Morgan fingerprint density at radius 2 is 2.11 bits per heavy atom. The van der Waals surface area contributed by atoms with Gasteiger partial charge in [-0.1, -0.05) is 23.1 Å². The molecule has 15 heteroatoms.